The Morgan fingerprint density at radius 1 is 1.13 bits per heavy atom. The molecule has 2 aromatic rings. The average Bonchev–Trinajstić information content (AvgIpc) is 2.53. The highest BCUT2D eigenvalue weighted by molar-refractivity contribution is 6.36. The summed E-state index contributed by atoms with van der Waals surface area (Å²) in [5.74, 6) is 0.768. The number of amides is 1. The van der Waals surface area contributed by atoms with E-state index in [1.807, 2.05) is 31.2 Å². The molecular formula is C18H19Cl2NO2. The highest BCUT2D eigenvalue weighted by Gasteiger charge is 2.08. The molecule has 0 aromatic heterocycles. The van der Waals surface area contributed by atoms with Crippen LogP contribution >= 0.6 is 23.2 Å². The van der Waals surface area contributed by atoms with Crippen molar-refractivity contribution in [1.29, 1.82) is 0 Å². The average molecular weight is 352 g/mol. The SMILES string of the molecule is CCOc1cccc(CNC(=O)CCc2c(Cl)cccc2Cl)c1. The van der Waals surface area contributed by atoms with E-state index in [-0.39, 0.29) is 5.91 Å². The lowest BCUT2D eigenvalue weighted by atomic mass is 10.1. The van der Waals surface area contributed by atoms with E-state index in [9.17, 15) is 4.79 Å². The summed E-state index contributed by atoms with van der Waals surface area (Å²) in [7, 11) is 0. The molecule has 0 saturated carbocycles. The molecule has 2 rings (SSSR count). The molecule has 2 aromatic carbocycles. The smallest absolute Gasteiger partial charge is 0.220 e. The quantitative estimate of drug-likeness (QED) is 0.788. The van der Waals surface area contributed by atoms with Crippen LogP contribution in [0.5, 0.6) is 5.75 Å². The minimum atomic E-state index is -0.0391. The molecule has 122 valence electrons. The summed E-state index contributed by atoms with van der Waals surface area (Å²) in [6.07, 6.45) is 0.859. The Morgan fingerprint density at radius 2 is 1.83 bits per heavy atom. The second-order valence-electron chi connectivity index (χ2n) is 5.06. The van der Waals surface area contributed by atoms with Gasteiger partial charge in [0.15, 0.2) is 0 Å². The maximum Gasteiger partial charge on any atom is 0.220 e. The van der Waals surface area contributed by atoms with Crippen molar-refractivity contribution in [1.82, 2.24) is 5.32 Å². The molecule has 5 heteroatoms. The van der Waals surface area contributed by atoms with Gasteiger partial charge in [-0.2, -0.15) is 0 Å². The van der Waals surface area contributed by atoms with Gasteiger partial charge in [0.25, 0.3) is 0 Å². The van der Waals surface area contributed by atoms with Crippen molar-refractivity contribution in [2.75, 3.05) is 6.61 Å². The number of benzene rings is 2. The van der Waals surface area contributed by atoms with E-state index in [2.05, 4.69) is 5.32 Å². The van der Waals surface area contributed by atoms with Crippen LogP contribution < -0.4 is 10.1 Å². The number of hydrogen-bond acceptors (Lipinski definition) is 2. The Morgan fingerprint density at radius 3 is 2.52 bits per heavy atom. The van der Waals surface area contributed by atoms with Crippen molar-refractivity contribution in [2.24, 2.45) is 0 Å². The summed E-state index contributed by atoms with van der Waals surface area (Å²) in [5.41, 5.74) is 1.81. The van der Waals surface area contributed by atoms with Gasteiger partial charge in [-0.3, -0.25) is 4.79 Å². The highest BCUT2D eigenvalue weighted by Crippen LogP contribution is 2.25. The largest absolute Gasteiger partial charge is 0.494 e. The molecule has 1 N–H and O–H groups in total. The molecule has 0 bridgehead atoms. The number of rotatable bonds is 7. The third kappa shape index (κ3) is 5.45. The third-order valence-corrected chi connectivity index (χ3v) is 4.07. The molecule has 0 unspecified atom stereocenters. The molecule has 0 heterocycles. The number of halogens is 2. The molecule has 0 aliphatic rings. The van der Waals surface area contributed by atoms with E-state index in [1.54, 1.807) is 18.2 Å². The summed E-state index contributed by atoms with van der Waals surface area (Å²) in [4.78, 5) is 12.0. The van der Waals surface area contributed by atoms with Gasteiger partial charge in [-0.05, 0) is 48.7 Å². The normalized spacial score (nSPS) is 10.4. The zero-order valence-corrected chi connectivity index (χ0v) is 14.5. The first kappa shape index (κ1) is 17.6. The minimum Gasteiger partial charge on any atom is -0.494 e. The molecule has 0 atom stereocenters. The third-order valence-electron chi connectivity index (χ3n) is 3.36. The van der Waals surface area contributed by atoms with Crippen LogP contribution in [0.2, 0.25) is 10.0 Å². The van der Waals surface area contributed by atoms with Crippen molar-refractivity contribution >= 4 is 29.1 Å². The Bertz CT molecular complexity index is 654. The number of nitrogens with one attached hydrogen (secondary N) is 1. The van der Waals surface area contributed by atoms with Gasteiger partial charge in [0.2, 0.25) is 5.91 Å². The molecule has 1 amide bonds. The van der Waals surface area contributed by atoms with Crippen molar-refractivity contribution < 1.29 is 9.53 Å². The predicted molar refractivity (Wildman–Crippen MR) is 94.2 cm³/mol. The Balaban J connectivity index is 1.85. The van der Waals surface area contributed by atoms with Gasteiger partial charge < -0.3 is 10.1 Å². The minimum absolute atomic E-state index is 0.0391. The standard InChI is InChI=1S/C18H19Cl2NO2/c1-2-23-14-6-3-5-13(11-14)12-21-18(22)10-9-15-16(19)7-4-8-17(15)20/h3-8,11H,2,9-10,12H2,1H3,(H,21,22). The number of carbonyl (C=O) groups is 1. The lowest BCUT2D eigenvalue weighted by molar-refractivity contribution is -0.121. The van der Waals surface area contributed by atoms with Gasteiger partial charge in [-0.15, -0.1) is 0 Å². The lowest BCUT2D eigenvalue weighted by Gasteiger charge is -2.09. The summed E-state index contributed by atoms with van der Waals surface area (Å²) in [6, 6.07) is 13.0. The fourth-order valence-corrected chi connectivity index (χ4v) is 2.80. The maximum absolute atomic E-state index is 12.0. The van der Waals surface area contributed by atoms with Crippen LogP contribution in [0.4, 0.5) is 0 Å². The second kappa shape index (κ2) is 8.80. The van der Waals surface area contributed by atoms with Crippen LogP contribution in [0.1, 0.15) is 24.5 Å². The van der Waals surface area contributed by atoms with Gasteiger partial charge in [0, 0.05) is 23.0 Å². The van der Waals surface area contributed by atoms with Crippen LogP contribution in [-0.4, -0.2) is 12.5 Å². The summed E-state index contributed by atoms with van der Waals surface area (Å²) in [5, 5.41) is 4.08. The van der Waals surface area contributed by atoms with Crippen LogP contribution in [-0.2, 0) is 17.8 Å². The van der Waals surface area contributed by atoms with Crippen LogP contribution in [0.3, 0.4) is 0 Å². The number of ether oxygens (including phenoxy) is 1. The Hall–Kier alpha value is -1.71. The molecule has 3 nitrogen and oxygen atoms in total. The fraction of sp³-hybridized carbons (Fsp3) is 0.278. The van der Waals surface area contributed by atoms with Crippen LogP contribution in [0.25, 0.3) is 0 Å². The van der Waals surface area contributed by atoms with Gasteiger partial charge in [-0.25, -0.2) is 0 Å². The van der Waals surface area contributed by atoms with E-state index in [1.165, 1.54) is 0 Å². The topological polar surface area (TPSA) is 38.3 Å². The molecule has 0 spiro atoms. The van der Waals surface area contributed by atoms with Crippen LogP contribution in [0.15, 0.2) is 42.5 Å². The molecule has 0 saturated heterocycles. The van der Waals surface area contributed by atoms with Crippen molar-refractivity contribution in [2.45, 2.75) is 26.3 Å². The predicted octanol–water partition coefficient (Wildman–Crippen LogP) is 4.64. The van der Waals surface area contributed by atoms with E-state index in [4.69, 9.17) is 27.9 Å². The van der Waals surface area contributed by atoms with Gasteiger partial charge >= 0.3 is 0 Å². The summed E-state index contributed by atoms with van der Waals surface area (Å²) in [6.45, 7) is 3.03. The first-order valence-corrected chi connectivity index (χ1v) is 8.27. The monoisotopic (exact) mass is 351 g/mol. The highest BCUT2D eigenvalue weighted by atomic mass is 35.5. The molecule has 0 radical (unpaired) electrons. The zero-order chi connectivity index (χ0) is 16.7. The van der Waals surface area contributed by atoms with E-state index in [0.717, 1.165) is 16.9 Å². The maximum atomic E-state index is 12.0. The Labute approximate surface area is 146 Å². The molecule has 0 fully saturated rings. The Kier molecular flexibility index (Phi) is 6.75. The van der Waals surface area contributed by atoms with Crippen molar-refractivity contribution in [3.05, 3.63) is 63.6 Å². The first-order chi connectivity index (χ1) is 11.1. The lowest BCUT2D eigenvalue weighted by Crippen LogP contribution is -2.23. The molecule has 0 aliphatic carbocycles. The second-order valence-corrected chi connectivity index (χ2v) is 5.87. The van der Waals surface area contributed by atoms with Crippen molar-refractivity contribution in [3.63, 3.8) is 0 Å². The molecule has 23 heavy (non-hydrogen) atoms. The van der Waals surface area contributed by atoms with Gasteiger partial charge in [-0.1, -0.05) is 41.4 Å². The van der Waals surface area contributed by atoms with E-state index in [0.29, 0.717) is 36.0 Å². The number of hydrogen-bond donors (Lipinski definition) is 1. The van der Waals surface area contributed by atoms with Crippen molar-refractivity contribution in [3.8, 4) is 5.75 Å². The molecular weight excluding hydrogens is 333 g/mol. The first-order valence-electron chi connectivity index (χ1n) is 7.51. The van der Waals surface area contributed by atoms with Gasteiger partial charge in [0.1, 0.15) is 5.75 Å². The van der Waals surface area contributed by atoms with Gasteiger partial charge in [0.05, 0.1) is 6.61 Å². The van der Waals surface area contributed by atoms with E-state index >= 15 is 0 Å². The molecule has 0 aliphatic heterocycles. The fourth-order valence-electron chi connectivity index (χ4n) is 2.21. The number of carbonyl (C=O) groups excluding carboxylic acids is 1. The zero-order valence-electron chi connectivity index (χ0n) is 12.9. The van der Waals surface area contributed by atoms with Crippen LogP contribution in [0, 0.1) is 0 Å². The van der Waals surface area contributed by atoms with E-state index < -0.39 is 0 Å². The summed E-state index contributed by atoms with van der Waals surface area (Å²) >= 11 is 12.2. The summed E-state index contributed by atoms with van der Waals surface area (Å²) < 4.78 is 5.44.